The van der Waals surface area contributed by atoms with Gasteiger partial charge in [0.1, 0.15) is 11.8 Å². The number of nitriles is 1. The summed E-state index contributed by atoms with van der Waals surface area (Å²) in [5.74, 6) is 0.366. The zero-order valence-electron chi connectivity index (χ0n) is 10.5. The van der Waals surface area contributed by atoms with E-state index in [4.69, 9.17) is 10.00 Å². The van der Waals surface area contributed by atoms with E-state index in [9.17, 15) is 4.79 Å². The predicted octanol–water partition coefficient (Wildman–Crippen LogP) is 3.45. The number of nitrogens with one attached hydrogen (secondary N) is 1. The number of carbonyl (C=O) groups excluding carboxylic acids is 1. The van der Waals surface area contributed by atoms with Gasteiger partial charge in [0.15, 0.2) is 6.61 Å². The molecule has 2 aromatic carbocycles. The molecule has 0 bridgehead atoms. The molecule has 4 nitrogen and oxygen atoms in total. The van der Waals surface area contributed by atoms with Crippen LogP contribution in [0.15, 0.2) is 48.5 Å². The third-order valence-electron chi connectivity index (χ3n) is 2.50. The van der Waals surface area contributed by atoms with Crippen molar-refractivity contribution in [1.82, 2.24) is 0 Å². The molecule has 20 heavy (non-hydrogen) atoms. The second kappa shape index (κ2) is 6.91. The van der Waals surface area contributed by atoms with Crippen LogP contribution < -0.4 is 10.1 Å². The topological polar surface area (TPSA) is 62.1 Å². The van der Waals surface area contributed by atoms with E-state index in [1.807, 2.05) is 18.2 Å². The SMILES string of the molecule is N#CCOc1cccc(NC(=O)c2ccc(I)cc2)c1. The average Bonchev–Trinajstić information content (AvgIpc) is 2.46. The molecule has 0 saturated heterocycles. The second-order valence-corrected chi connectivity index (χ2v) is 5.18. The number of carbonyl (C=O) groups is 1. The zero-order valence-corrected chi connectivity index (χ0v) is 12.6. The van der Waals surface area contributed by atoms with Gasteiger partial charge in [0.05, 0.1) is 0 Å². The Labute approximate surface area is 130 Å². The highest BCUT2D eigenvalue weighted by molar-refractivity contribution is 14.1. The van der Waals surface area contributed by atoms with Crippen LogP contribution in [0.4, 0.5) is 5.69 Å². The van der Waals surface area contributed by atoms with Gasteiger partial charge in [-0.25, -0.2) is 0 Å². The van der Waals surface area contributed by atoms with Crippen LogP contribution >= 0.6 is 22.6 Å². The maximum Gasteiger partial charge on any atom is 0.255 e. The molecule has 0 spiro atoms. The fourth-order valence-corrected chi connectivity index (χ4v) is 1.94. The average molecular weight is 378 g/mol. The molecule has 0 atom stereocenters. The maximum atomic E-state index is 12.0. The van der Waals surface area contributed by atoms with Crippen LogP contribution in [0.3, 0.4) is 0 Å². The van der Waals surface area contributed by atoms with Gasteiger partial charge in [0, 0.05) is 20.9 Å². The lowest BCUT2D eigenvalue weighted by Gasteiger charge is -2.07. The molecule has 0 radical (unpaired) electrons. The third kappa shape index (κ3) is 3.96. The number of ether oxygens (including phenoxy) is 1. The number of halogens is 1. The van der Waals surface area contributed by atoms with Gasteiger partial charge in [-0.3, -0.25) is 4.79 Å². The van der Waals surface area contributed by atoms with E-state index in [1.165, 1.54) is 0 Å². The molecule has 0 fully saturated rings. The molecule has 0 aliphatic carbocycles. The summed E-state index contributed by atoms with van der Waals surface area (Å²) < 4.78 is 6.26. The number of hydrogen-bond acceptors (Lipinski definition) is 3. The third-order valence-corrected chi connectivity index (χ3v) is 3.22. The highest BCUT2D eigenvalue weighted by atomic mass is 127. The molecule has 2 aromatic rings. The summed E-state index contributed by atoms with van der Waals surface area (Å²) >= 11 is 2.19. The van der Waals surface area contributed by atoms with Crippen molar-refractivity contribution in [3.05, 3.63) is 57.7 Å². The normalized spacial score (nSPS) is 9.60. The highest BCUT2D eigenvalue weighted by Crippen LogP contribution is 2.18. The van der Waals surface area contributed by atoms with Crippen LogP contribution in [-0.2, 0) is 0 Å². The first-order valence-corrected chi connectivity index (χ1v) is 6.93. The summed E-state index contributed by atoms with van der Waals surface area (Å²) in [6.45, 7) is -0.0193. The first kappa shape index (κ1) is 14.3. The molecule has 100 valence electrons. The van der Waals surface area contributed by atoms with Crippen LogP contribution in [0.1, 0.15) is 10.4 Å². The van der Waals surface area contributed by atoms with Gasteiger partial charge in [0.25, 0.3) is 5.91 Å². The van der Waals surface area contributed by atoms with Crippen molar-refractivity contribution in [1.29, 1.82) is 5.26 Å². The summed E-state index contributed by atoms with van der Waals surface area (Å²) in [4.78, 5) is 12.0. The van der Waals surface area contributed by atoms with E-state index >= 15 is 0 Å². The molecule has 0 heterocycles. The minimum absolute atomic E-state index is 0.0193. The molecular formula is C15H11IN2O2. The van der Waals surface area contributed by atoms with Crippen molar-refractivity contribution in [2.45, 2.75) is 0 Å². The molecule has 0 aromatic heterocycles. The summed E-state index contributed by atoms with van der Waals surface area (Å²) in [7, 11) is 0. The van der Waals surface area contributed by atoms with E-state index in [1.54, 1.807) is 36.4 Å². The molecule has 2 rings (SSSR count). The van der Waals surface area contributed by atoms with Crippen molar-refractivity contribution in [2.75, 3.05) is 11.9 Å². The summed E-state index contributed by atoms with van der Waals surface area (Å²) in [5.41, 5.74) is 1.22. The Morgan fingerprint density at radius 3 is 2.70 bits per heavy atom. The fourth-order valence-electron chi connectivity index (χ4n) is 1.58. The smallest absolute Gasteiger partial charge is 0.255 e. The number of amides is 1. The standard InChI is InChI=1S/C15H11IN2O2/c16-12-6-4-11(5-7-12)15(19)18-13-2-1-3-14(10-13)20-9-8-17/h1-7,10H,9H2,(H,18,19). The Morgan fingerprint density at radius 2 is 2.00 bits per heavy atom. The molecule has 0 aliphatic rings. The quantitative estimate of drug-likeness (QED) is 0.830. The van der Waals surface area contributed by atoms with Gasteiger partial charge in [-0.2, -0.15) is 5.26 Å². The largest absolute Gasteiger partial charge is 0.479 e. The molecule has 1 N–H and O–H groups in total. The fraction of sp³-hybridized carbons (Fsp3) is 0.0667. The number of nitrogens with zero attached hydrogens (tertiary/aromatic N) is 1. The minimum Gasteiger partial charge on any atom is -0.479 e. The Balaban J connectivity index is 2.07. The van der Waals surface area contributed by atoms with Crippen LogP contribution in [0, 0.1) is 14.9 Å². The molecule has 5 heteroatoms. The van der Waals surface area contributed by atoms with Gasteiger partial charge >= 0.3 is 0 Å². The lowest BCUT2D eigenvalue weighted by molar-refractivity contribution is 0.102. The van der Waals surface area contributed by atoms with E-state index < -0.39 is 0 Å². The van der Waals surface area contributed by atoms with E-state index in [-0.39, 0.29) is 12.5 Å². The number of benzene rings is 2. The molecule has 0 saturated carbocycles. The van der Waals surface area contributed by atoms with Crippen LogP contribution in [0.25, 0.3) is 0 Å². The van der Waals surface area contributed by atoms with Gasteiger partial charge in [-0.1, -0.05) is 6.07 Å². The lowest BCUT2D eigenvalue weighted by Crippen LogP contribution is -2.11. The summed E-state index contributed by atoms with van der Waals surface area (Å²) in [6.07, 6.45) is 0. The monoisotopic (exact) mass is 378 g/mol. The van der Waals surface area contributed by atoms with Gasteiger partial charge < -0.3 is 10.1 Å². The van der Waals surface area contributed by atoms with Crippen LogP contribution in [0.2, 0.25) is 0 Å². The molecule has 1 amide bonds. The van der Waals surface area contributed by atoms with Crippen LogP contribution in [0.5, 0.6) is 5.75 Å². The molecule has 0 unspecified atom stereocenters. The van der Waals surface area contributed by atoms with Gasteiger partial charge in [-0.15, -0.1) is 0 Å². The van der Waals surface area contributed by atoms with E-state index in [0.29, 0.717) is 17.0 Å². The number of anilines is 1. The molecule has 0 aliphatic heterocycles. The Hall–Kier alpha value is -2.07. The minimum atomic E-state index is -0.182. The van der Waals surface area contributed by atoms with Crippen molar-refractivity contribution in [3.63, 3.8) is 0 Å². The Morgan fingerprint density at radius 1 is 1.25 bits per heavy atom. The summed E-state index contributed by atoms with van der Waals surface area (Å²) in [6, 6.07) is 16.1. The van der Waals surface area contributed by atoms with Crippen molar-refractivity contribution >= 4 is 34.2 Å². The van der Waals surface area contributed by atoms with Crippen molar-refractivity contribution in [3.8, 4) is 11.8 Å². The van der Waals surface area contributed by atoms with Crippen LogP contribution in [-0.4, -0.2) is 12.5 Å². The Kier molecular flexibility index (Phi) is 4.96. The second-order valence-electron chi connectivity index (χ2n) is 3.94. The zero-order chi connectivity index (χ0) is 14.4. The van der Waals surface area contributed by atoms with E-state index in [0.717, 1.165) is 3.57 Å². The van der Waals surface area contributed by atoms with Crippen molar-refractivity contribution in [2.24, 2.45) is 0 Å². The highest BCUT2D eigenvalue weighted by Gasteiger charge is 2.06. The predicted molar refractivity (Wildman–Crippen MR) is 84.7 cm³/mol. The first-order valence-electron chi connectivity index (χ1n) is 5.86. The van der Waals surface area contributed by atoms with Gasteiger partial charge in [-0.05, 0) is 59.0 Å². The molecular weight excluding hydrogens is 367 g/mol. The number of rotatable bonds is 4. The first-order chi connectivity index (χ1) is 9.69. The number of hydrogen-bond donors (Lipinski definition) is 1. The summed E-state index contributed by atoms with van der Waals surface area (Å²) in [5, 5.41) is 11.3. The lowest BCUT2D eigenvalue weighted by atomic mass is 10.2. The van der Waals surface area contributed by atoms with Gasteiger partial charge in [0.2, 0.25) is 0 Å². The Bertz CT molecular complexity index is 648. The maximum absolute atomic E-state index is 12.0. The van der Waals surface area contributed by atoms with E-state index in [2.05, 4.69) is 27.9 Å². The van der Waals surface area contributed by atoms with Crippen molar-refractivity contribution < 1.29 is 9.53 Å².